The van der Waals surface area contributed by atoms with Gasteiger partial charge in [-0.15, -0.1) is 0 Å². The molecule has 0 radical (unpaired) electrons. The summed E-state index contributed by atoms with van der Waals surface area (Å²) in [4.78, 5) is 11.8. The molecule has 1 unspecified atom stereocenters. The topological polar surface area (TPSA) is 73.1 Å². The first-order chi connectivity index (χ1) is 7.31. The van der Waals surface area contributed by atoms with Crippen molar-refractivity contribution in [3.8, 4) is 6.07 Å². The summed E-state index contributed by atoms with van der Waals surface area (Å²) in [5, 5.41) is 20.6. The molecule has 1 amide bonds. The zero-order valence-corrected chi connectivity index (χ0v) is 10.6. The Bertz CT molecular complexity index is 281. The summed E-state index contributed by atoms with van der Waals surface area (Å²) in [7, 11) is 0. The van der Waals surface area contributed by atoms with Crippen molar-refractivity contribution < 1.29 is 9.90 Å². The first-order valence-corrected chi connectivity index (χ1v) is 5.62. The monoisotopic (exact) mass is 226 g/mol. The number of rotatable bonds is 6. The zero-order valence-electron chi connectivity index (χ0n) is 10.6. The molecule has 0 aliphatic heterocycles. The van der Waals surface area contributed by atoms with Crippen LogP contribution >= 0.6 is 0 Å². The summed E-state index contributed by atoms with van der Waals surface area (Å²) in [5.41, 5.74) is -1.09. The molecule has 0 aromatic carbocycles. The maximum absolute atomic E-state index is 11.8. The van der Waals surface area contributed by atoms with Crippen LogP contribution in [-0.4, -0.2) is 24.2 Å². The van der Waals surface area contributed by atoms with E-state index in [1.807, 2.05) is 26.8 Å². The van der Waals surface area contributed by atoms with Crippen molar-refractivity contribution >= 4 is 5.91 Å². The molecule has 1 atom stereocenters. The van der Waals surface area contributed by atoms with Crippen LogP contribution in [0.3, 0.4) is 0 Å². The van der Waals surface area contributed by atoms with Gasteiger partial charge in [0, 0.05) is 13.2 Å². The molecule has 4 heteroatoms. The third-order valence-electron chi connectivity index (χ3n) is 2.97. The molecule has 0 saturated carbocycles. The highest BCUT2D eigenvalue weighted by Crippen LogP contribution is 2.22. The van der Waals surface area contributed by atoms with Crippen LogP contribution in [0.15, 0.2) is 0 Å². The molecule has 0 heterocycles. The van der Waals surface area contributed by atoms with Gasteiger partial charge in [-0.05, 0) is 25.2 Å². The lowest BCUT2D eigenvalue weighted by atomic mass is 9.86. The lowest BCUT2D eigenvalue weighted by molar-refractivity contribution is -0.128. The van der Waals surface area contributed by atoms with E-state index in [-0.39, 0.29) is 17.9 Å². The number of nitriles is 1. The van der Waals surface area contributed by atoms with E-state index in [2.05, 4.69) is 5.32 Å². The fraction of sp³-hybridized carbons (Fsp3) is 0.833. The van der Waals surface area contributed by atoms with Crippen LogP contribution in [0.4, 0.5) is 0 Å². The number of nitrogens with one attached hydrogen (secondary N) is 1. The molecule has 4 nitrogen and oxygen atoms in total. The third kappa shape index (κ3) is 4.19. The second kappa shape index (κ2) is 5.86. The molecule has 0 spiro atoms. The first kappa shape index (κ1) is 14.9. The Labute approximate surface area is 97.7 Å². The Hall–Kier alpha value is -1.08. The van der Waals surface area contributed by atoms with Crippen molar-refractivity contribution in [3.63, 3.8) is 0 Å². The van der Waals surface area contributed by atoms with Gasteiger partial charge in [-0.1, -0.05) is 20.8 Å². The second-order valence-electron chi connectivity index (χ2n) is 5.12. The van der Waals surface area contributed by atoms with Gasteiger partial charge in [0.25, 0.3) is 0 Å². The van der Waals surface area contributed by atoms with Gasteiger partial charge in [0.2, 0.25) is 5.91 Å². The minimum Gasteiger partial charge on any atom is -0.396 e. The fourth-order valence-electron chi connectivity index (χ4n) is 1.20. The van der Waals surface area contributed by atoms with Crippen molar-refractivity contribution in [2.45, 2.75) is 40.5 Å². The summed E-state index contributed by atoms with van der Waals surface area (Å²) in [6.45, 7) is 7.98. The van der Waals surface area contributed by atoms with Crippen molar-refractivity contribution in [1.29, 1.82) is 5.26 Å². The average Bonchev–Trinajstić information content (AvgIpc) is 2.24. The van der Waals surface area contributed by atoms with Gasteiger partial charge in [0.15, 0.2) is 0 Å². The van der Waals surface area contributed by atoms with E-state index in [9.17, 15) is 4.79 Å². The Morgan fingerprint density at radius 1 is 1.44 bits per heavy atom. The van der Waals surface area contributed by atoms with E-state index in [0.717, 1.165) is 0 Å². The summed E-state index contributed by atoms with van der Waals surface area (Å²) in [5.74, 6) is -0.233. The van der Waals surface area contributed by atoms with Crippen molar-refractivity contribution in [3.05, 3.63) is 0 Å². The minimum atomic E-state index is -0.949. The lowest BCUT2D eigenvalue weighted by Crippen LogP contribution is -2.42. The first-order valence-electron chi connectivity index (χ1n) is 5.62. The summed E-state index contributed by atoms with van der Waals surface area (Å²) >= 11 is 0. The molecule has 16 heavy (non-hydrogen) atoms. The summed E-state index contributed by atoms with van der Waals surface area (Å²) < 4.78 is 0. The molecule has 0 saturated heterocycles. The average molecular weight is 226 g/mol. The van der Waals surface area contributed by atoms with Crippen LogP contribution in [0.2, 0.25) is 0 Å². The van der Waals surface area contributed by atoms with E-state index in [4.69, 9.17) is 10.4 Å². The van der Waals surface area contributed by atoms with Crippen LogP contribution in [0.1, 0.15) is 40.5 Å². The number of hydrogen-bond acceptors (Lipinski definition) is 3. The molecule has 0 fully saturated rings. The lowest BCUT2D eigenvalue weighted by Gasteiger charge is -2.26. The Morgan fingerprint density at radius 3 is 2.38 bits per heavy atom. The highest BCUT2D eigenvalue weighted by molar-refractivity contribution is 5.84. The standard InChI is InChI=1S/C12H22N2O2/c1-5-12(4,8-13)10(16)14-9-11(2,3)6-7-15/h15H,5-7,9H2,1-4H3,(H,14,16). The van der Waals surface area contributed by atoms with Gasteiger partial charge in [-0.3, -0.25) is 4.79 Å². The quantitative estimate of drug-likeness (QED) is 0.720. The van der Waals surface area contributed by atoms with Crippen molar-refractivity contribution in [2.75, 3.05) is 13.2 Å². The summed E-state index contributed by atoms with van der Waals surface area (Å²) in [6, 6.07) is 2.03. The van der Waals surface area contributed by atoms with Gasteiger partial charge >= 0.3 is 0 Å². The molecular weight excluding hydrogens is 204 g/mol. The number of aliphatic hydroxyl groups is 1. The van der Waals surface area contributed by atoms with Crippen LogP contribution in [0.5, 0.6) is 0 Å². The van der Waals surface area contributed by atoms with Gasteiger partial charge in [-0.2, -0.15) is 5.26 Å². The molecule has 92 valence electrons. The number of amides is 1. The number of carbonyl (C=O) groups is 1. The summed E-state index contributed by atoms with van der Waals surface area (Å²) in [6.07, 6.45) is 1.12. The normalized spacial score (nSPS) is 15.0. The minimum absolute atomic E-state index is 0.103. The molecule has 0 aromatic heterocycles. The van der Waals surface area contributed by atoms with Crippen LogP contribution in [-0.2, 0) is 4.79 Å². The second-order valence-corrected chi connectivity index (χ2v) is 5.12. The van der Waals surface area contributed by atoms with E-state index >= 15 is 0 Å². The van der Waals surface area contributed by atoms with Crippen LogP contribution in [0, 0.1) is 22.2 Å². The number of carbonyl (C=O) groups excluding carboxylic acids is 1. The largest absolute Gasteiger partial charge is 0.396 e. The zero-order chi connectivity index (χ0) is 12.8. The maximum atomic E-state index is 11.8. The maximum Gasteiger partial charge on any atom is 0.240 e. The molecule has 0 aromatic rings. The van der Waals surface area contributed by atoms with Crippen molar-refractivity contribution in [1.82, 2.24) is 5.32 Å². The van der Waals surface area contributed by atoms with E-state index in [0.29, 0.717) is 19.4 Å². The SMILES string of the molecule is CCC(C)(C#N)C(=O)NCC(C)(C)CCO. The van der Waals surface area contributed by atoms with Gasteiger partial charge in [0.1, 0.15) is 5.41 Å². The molecule has 0 rings (SSSR count). The van der Waals surface area contributed by atoms with Crippen LogP contribution in [0.25, 0.3) is 0 Å². The van der Waals surface area contributed by atoms with E-state index in [1.165, 1.54) is 0 Å². The Kier molecular flexibility index (Phi) is 5.46. The molecule has 0 aliphatic rings. The fourth-order valence-corrected chi connectivity index (χ4v) is 1.20. The van der Waals surface area contributed by atoms with Crippen LogP contribution < -0.4 is 5.32 Å². The Balaban J connectivity index is 4.33. The number of hydrogen-bond donors (Lipinski definition) is 2. The molecule has 0 bridgehead atoms. The number of nitrogens with zero attached hydrogens (tertiary/aromatic N) is 1. The number of aliphatic hydroxyl groups excluding tert-OH is 1. The predicted molar refractivity (Wildman–Crippen MR) is 62.5 cm³/mol. The van der Waals surface area contributed by atoms with E-state index < -0.39 is 5.41 Å². The highest BCUT2D eigenvalue weighted by Gasteiger charge is 2.32. The van der Waals surface area contributed by atoms with E-state index in [1.54, 1.807) is 6.92 Å². The third-order valence-corrected chi connectivity index (χ3v) is 2.97. The van der Waals surface area contributed by atoms with Crippen molar-refractivity contribution in [2.24, 2.45) is 10.8 Å². The molecule has 2 N–H and O–H groups in total. The predicted octanol–water partition coefficient (Wildman–Crippen LogP) is 1.45. The smallest absolute Gasteiger partial charge is 0.240 e. The van der Waals surface area contributed by atoms with Gasteiger partial charge in [-0.25, -0.2) is 0 Å². The highest BCUT2D eigenvalue weighted by atomic mass is 16.3. The van der Waals surface area contributed by atoms with Gasteiger partial charge < -0.3 is 10.4 Å². The van der Waals surface area contributed by atoms with Gasteiger partial charge in [0.05, 0.1) is 6.07 Å². The Morgan fingerprint density at radius 2 is 2.00 bits per heavy atom. The molecule has 0 aliphatic carbocycles. The molecular formula is C12H22N2O2.